The summed E-state index contributed by atoms with van der Waals surface area (Å²) in [4.78, 5) is 0. The van der Waals surface area contributed by atoms with Crippen LogP contribution in [0.5, 0.6) is 11.5 Å². The summed E-state index contributed by atoms with van der Waals surface area (Å²) in [5, 5.41) is 2.27. The summed E-state index contributed by atoms with van der Waals surface area (Å²) in [5.74, 6) is 1.49. The molecule has 0 aliphatic carbocycles. The van der Waals surface area contributed by atoms with Crippen LogP contribution in [0.2, 0.25) is 0 Å². The summed E-state index contributed by atoms with van der Waals surface area (Å²) >= 11 is 0. The molecule has 4 nitrogen and oxygen atoms in total. The molecule has 2 aromatic rings. The van der Waals surface area contributed by atoms with Crippen molar-refractivity contribution < 1.29 is 18.9 Å². The van der Waals surface area contributed by atoms with E-state index in [9.17, 15) is 0 Å². The fourth-order valence-electron chi connectivity index (χ4n) is 2.00. The second-order valence-corrected chi connectivity index (χ2v) is 4.79. The average Bonchev–Trinajstić information content (AvgIpc) is 3.31. The molecule has 0 bridgehead atoms. The van der Waals surface area contributed by atoms with Crippen LogP contribution in [0.15, 0.2) is 36.4 Å². The van der Waals surface area contributed by atoms with Crippen molar-refractivity contribution in [1.82, 2.24) is 0 Å². The lowest BCUT2D eigenvalue weighted by molar-refractivity contribution is 0.168. The van der Waals surface area contributed by atoms with E-state index in [4.69, 9.17) is 18.9 Å². The minimum atomic E-state index is -0.124. The predicted octanol–water partition coefficient (Wildman–Crippen LogP) is 2.35. The van der Waals surface area contributed by atoms with Crippen molar-refractivity contribution in [3.05, 3.63) is 36.4 Å². The third-order valence-corrected chi connectivity index (χ3v) is 3.20. The Morgan fingerprint density at radius 2 is 1.68 bits per heavy atom. The molecule has 0 spiro atoms. The van der Waals surface area contributed by atoms with Gasteiger partial charge < -0.3 is 18.9 Å². The first-order chi connectivity index (χ1) is 9.38. The molecule has 2 aliphatic rings. The smallest absolute Gasteiger partial charge is 0.224 e. The Kier molecular flexibility index (Phi) is 2.57. The van der Waals surface area contributed by atoms with Crippen LogP contribution in [0.25, 0.3) is 10.8 Å². The quantitative estimate of drug-likeness (QED) is 0.772. The van der Waals surface area contributed by atoms with Gasteiger partial charge in [-0.15, -0.1) is 0 Å². The van der Waals surface area contributed by atoms with E-state index < -0.39 is 0 Å². The summed E-state index contributed by atoms with van der Waals surface area (Å²) in [6.07, 6.45) is 0.109. The first-order valence-corrected chi connectivity index (χ1v) is 6.44. The molecule has 4 rings (SSSR count). The van der Waals surface area contributed by atoms with Crippen molar-refractivity contribution >= 4 is 10.8 Å². The van der Waals surface area contributed by atoms with E-state index in [0.717, 1.165) is 28.9 Å². The van der Waals surface area contributed by atoms with Crippen LogP contribution in [-0.4, -0.2) is 32.2 Å². The maximum absolute atomic E-state index is 5.79. The molecule has 2 atom stereocenters. The summed E-state index contributed by atoms with van der Waals surface area (Å²) in [6.45, 7) is 2.01. The standard InChI is InChI=1S/C15H14O4/c1-2-4-11-6-14(19-15-9-18-15)13(5-10(11)3-1)17-8-12-7-16-12/h1-6,12,15H,7-9H2. The molecule has 98 valence electrons. The molecular weight excluding hydrogens is 244 g/mol. The molecule has 2 fully saturated rings. The molecule has 0 amide bonds. The lowest BCUT2D eigenvalue weighted by Gasteiger charge is -2.12. The maximum Gasteiger partial charge on any atom is 0.224 e. The number of benzene rings is 2. The highest BCUT2D eigenvalue weighted by Crippen LogP contribution is 2.35. The molecule has 2 aliphatic heterocycles. The number of rotatable bonds is 5. The van der Waals surface area contributed by atoms with E-state index >= 15 is 0 Å². The SMILES string of the molecule is c1ccc2cc(OC3CO3)c(OCC3CO3)cc2c1. The molecule has 19 heavy (non-hydrogen) atoms. The van der Waals surface area contributed by atoms with Crippen LogP contribution in [0.4, 0.5) is 0 Å². The van der Waals surface area contributed by atoms with Crippen molar-refractivity contribution in [3.63, 3.8) is 0 Å². The van der Waals surface area contributed by atoms with Crippen LogP contribution in [0.1, 0.15) is 0 Å². The highest BCUT2D eigenvalue weighted by atomic mass is 16.8. The first-order valence-electron chi connectivity index (χ1n) is 6.44. The van der Waals surface area contributed by atoms with Gasteiger partial charge in [-0.2, -0.15) is 0 Å². The lowest BCUT2D eigenvalue weighted by atomic mass is 10.1. The molecule has 2 aromatic carbocycles. The molecule has 2 heterocycles. The number of ether oxygens (including phenoxy) is 4. The Morgan fingerprint density at radius 3 is 2.32 bits per heavy atom. The van der Waals surface area contributed by atoms with Crippen molar-refractivity contribution in [1.29, 1.82) is 0 Å². The van der Waals surface area contributed by atoms with Gasteiger partial charge in [-0.3, -0.25) is 0 Å². The third kappa shape index (κ3) is 2.50. The van der Waals surface area contributed by atoms with E-state index in [1.807, 2.05) is 24.3 Å². The summed E-state index contributed by atoms with van der Waals surface area (Å²) in [7, 11) is 0. The molecule has 0 aromatic heterocycles. The van der Waals surface area contributed by atoms with Gasteiger partial charge in [0.25, 0.3) is 0 Å². The van der Waals surface area contributed by atoms with Gasteiger partial charge in [-0.1, -0.05) is 24.3 Å². The zero-order valence-corrected chi connectivity index (χ0v) is 10.4. The minimum Gasteiger partial charge on any atom is -0.487 e. The van der Waals surface area contributed by atoms with E-state index in [2.05, 4.69) is 12.1 Å². The molecule has 2 saturated heterocycles. The predicted molar refractivity (Wildman–Crippen MR) is 69.6 cm³/mol. The fourth-order valence-corrected chi connectivity index (χ4v) is 2.00. The average molecular weight is 258 g/mol. The number of fused-ring (bicyclic) bond motifs is 1. The highest BCUT2D eigenvalue weighted by molar-refractivity contribution is 5.86. The monoisotopic (exact) mass is 258 g/mol. The van der Waals surface area contributed by atoms with Gasteiger partial charge in [0.15, 0.2) is 11.5 Å². The second kappa shape index (κ2) is 4.40. The number of epoxide rings is 2. The third-order valence-electron chi connectivity index (χ3n) is 3.20. The van der Waals surface area contributed by atoms with Gasteiger partial charge in [0.2, 0.25) is 6.29 Å². The van der Waals surface area contributed by atoms with Gasteiger partial charge in [0, 0.05) is 0 Å². The summed E-state index contributed by atoms with van der Waals surface area (Å²) < 4.78 is 21.8. The minimum absolute atomic E-state index is 0.124. The topological polar surface area (TPSA) is 43.5 Å². The lowest BCUT2D eigenvalue weighted by Crippen LogP contribution is -2.07. The zero-order valence-electron chi connectivity index (χ0n) is 10.4. The Hall–Kier alpha value is -1.78. The molecule has 2 unspecified atom stereocenters. The van der Waals surface area contributed by atoms with Crippen molar-refractivity contribution in [3.8, 4) is 11.5 Å². The highest BCUT2D eigenvalue weighted by Gasteiger charge is 2.27. The number of hydrogen-bond donors (Lipinski definition) is 0. The van der Waals surface area contributed by atoms with Crippen LogP contribution < -0.4 is 9.47 Å². The van der Waals surface area contributed by atoms with Crippen LogP contribution in [0, 0.1) is 0 Å². The van der Waals surface area contributed by atoms with Crippen molar-refractivity contribution in [2.45, 2.75) is 12.4 Å². The van der Waals surface area contributed by atoms with Crippen molar-refractivity contribution in [2.75, 3.05) is 19.8 Å². The molecule has 0 saturated carbocycles. The first kappa shape index (κ1) is 11.1. The maximum atomic E-state index is 5.79. The van der Waals surface area contributed by atoms with Gasteiger partial charge in [0.05, 0.1) is 6.61 Å². The van der Waals surface area contributed by atoms with Gasteiger partial charge in [-0.05, 0) is 22.9 Å². The summed E-state index contributed by atoms with van der Waals surface area (Å²) in [5.41, 5.74) is 0. The molecule has 0 N–H and O–H groups in total. The van der Waals surface area contributed by atoms with Crippen LogP contribution in [0.3, 0.4) is 0 Å². The largest absolute Gasteiger partial charge is 0.487 e. The second-order valence-electron chi connectivity index (χ2n) is 4.79. The van der Waals surface area contributed by atoms with E-state index in [0.29, 0.717) is 13.2 Å². The Balaban J connectivity index is 1.67. The Morgan fingerprint density at radius 1 is 1.00 bits per heavy atom. The van der Waals surface area contributed by atoms with Gasteiger partial charge >= 0.3 is 0 Å². The summed E-state index contributed by atoms with van der Waals surface area (Å²) in [6, 6.07) is 12.2. The van der Waals surface area contributed by atoms with Gasteiger partial charge in [0.1, 0.15) is 19.3 Å². The molecule has 0 radical (unpaired) electrons. The Bertz CT molecular complexity index is 602. The zero-order chi connectivity index (χ0) is 12.7. The van der Waals surface area contributed by atoms with E-state index in [-0.39, 0.29) is 12.4 Å². The van der Waals surface area contributed by atoms with E-state index in [1.165, 1.54) is 0 Å². The normalized spacial score (nSPS) is 24.2. The molecule has 4 heteroatoms. The van der Waals surface area contributed by atoms with Crippen LogP contribution in [-0.2, 0) is 9.47 Å². The van der Waals surface area contributed by atoms with E-state index in [1.54, 1.807) is 0 Å². The van der Waals surface area contributed by atoms with Crippen molar-refractivity contribution in [2.24, 2.45) is 0 Å². The Labute approximate surface area is 110 Å². The fraction of sp³-hybridized carbons (Fsp3) is 0.333. The van der Waals surface area contributed by atoms with Gasteiger partial charge in [-0.25, -0.2) is 0 Å². The molecular formula is C15H14O4. The number of hydrogen-bond acceptors (Lipinski definition) is 4. The van der Waals surface area contributed by atoms with Crippen LogP contribution >= 0.6 is 0 Å².